The number of allylic oxidation sites excluding steroid dienone is 1. The van der Waals surface area contributed by atoms with Crippen molar-refractivity contribution in [2.24, 2.45) is 11.3 Å². The van der Waals surface area contributed by atoms with Gasteiger partial charge in [-0.05, 0) is 32.1 Å². The first-order valence-corrected chi connectivity index (χ1v) is 7.85. The Morgan fingerprint density at radius 3 is 2.76 bits per heavy atom. The second kappa shape index (κ2) is 6.50. The van der Waals surface area contributed by atoms with Crippen LogP contribution in [-0.4, -0.2) is 41.6 Å². The van der Waals surface area contributed by atoms with Gasteiger partial charge in [0.05, 0.1) is 5.92 Å². The van der Waals surface area contributed by atoms with Crippen LogP contribution in [-0.2, 0) is 4.79 Å². The number of amides is 2. The van der Waals surface area contributed by atoms with Crippen LogP contribution in [0.1, 0.15) is 46.0 Å². The maximum atomic E-state index is 12.1. The zero-order valence-electron chi connectivity index (χ0n) is 13.0. The number of likely N-dealkylation sites (tertiary alicyclic amines) is 1. The quantitative estimate of drug-likeness (QED) is 0.783. The summed E-state index contributed by atoms with van der Waals surface area (Å²) >= 11 is 0. The van der Waals surface area contributed by atoms with E-state index in [-0.39, 0.29) is 11.4 Å². The largest absolute Gasteiger partial charge is 0.481 e. The van der Waals surface area contributed by atoms with E-state index in [0.29, 0.717) is 26.1 Å². The van der Waals surface area contributed by atoms with E-state index in [2.05, 4.69) is 25.2 Å². The standard InChI is InChI=1S/C16H26N2O3/c1-16(2,13-6-4-3-5-7-13)11-17-15(21)18-9-8-12(10-18)14(19)20/h6,12H,3-5,7-11H2,1-2H3,(H,17,21)(H,19,20). The maximum absolute atomic E-state index is 12.1. The fraction of sp³-hybridized carbons (Fsp3) is 0.750. The first kappa shape index (κ1) is 15.9. The highest BCUT2D eigenvalue weighted by molar-refractivity contribution is 5.77. The normalized spacial score (nSPS) is 22.9. The summed E-state index contributed by atoms with van der Waals surface area (Å²) in [6.07, 6.45) is 7.61. The first-order valence-electron chi connectivity index (χ1n) is 7.85. The molecule has 0 aromatic carbocycles. The molecule has 0 bridgehead atoms. The molecule has 21 heavy (non-hydrogen) atoms. The number of hydrogen-bond acceptors (Lipinski definition) is 2. The van der Waals surface area contributed by atoms with Crippen LogP contribution >= 0.6 is 0 Å². The van der Waals surface area contributed by atoms with Gasteiger partial charge in [0.2, 0.25) is 0 Å². The van der Waals surface area contributed by atoms with E-state index in [1.165, 1.54) is 18.4 Å². The third kappa shape index (κ3) is 3.99. The van der Waals surface area contributed by atoms with Gasteiger partial charge in [-0.15, -0.1) is 0 Å². The summed E-state index contributed by atoms with van der Waals surface area (Å²) in [5.74, 6) is -1.22. The van der Waals surface area contributed by atoms with Crippen LogP contribution in [0.3, 0.4) is 0 Å². The van der Waals surface area contributed by atoms with Crippen LogP contribution in [0.2, 0.25) is 0 Å². The van der Waals surface area contributed by atoms with E-state index < -0.39 is 11.9 Å². The van der Waals surface area contributed by atoms with E-state index >= 15 is 0 Å². The molecule has 1 fully saturated rings. The van der Waals surface area contributed by atoms with Crippen LogP contribution in [0.4, 0.5) is 4.79 Å². The molecule has 0 spiro atoms. The number of carbonyl (C=O) groups excluding carboxylic acids is 1. The number of carboxylic acid groups (broad SMARTS) is 1. The molecule has 1 aliphatic carbocycles. The van der Waals surface area contributed by atoms with Gasteiger partial charge in [0, 0.05) is 25.0 Å². The van der Waals surface area contributed by atoms with Crippen molar-refractivity contribution in [3.63, 3.8) is 0 Å². The zero-order valence-corrected chi connectivity index (χ0v) is 13.0. The lowest BCUT2D eigenvalue weighted by Gasteiger charge is -2.31. The lowest BCUT2D eigenvalue weighted by molar-refractivity contribution is -0.141. The van der Waals surface area contributed by atoms with Crippen LogP contribution in [0.5, 0.6) is 0 Å². The minimum Gasteiger partial charge on any atom is -0.481 e. The Labute approximate surface area is 126 Å². The summed E-state index contributed by atoms with van der Waals surface area (Å²) in [5, 5.41) is 12.0. The van der Waals surface area contributed by atoms with Gasteiger partial charge in [-0.1, -0.05) is 25.5 Å². The number of nitrogens with one attached hydrogen (secondary N) is 1. The van der Waals surface area contributed by atoms with Gasteiger partial charge >= 0.3 is 12.0 Å². The molecule has 1 unspecified atom stereocenters. The third-order valence-electron chi connectivity index (χ3n) is 4.67. The van der Waals surface area contributed by atoms with Crippen molar-refractivity contribution in [1.29, 1.82) is 0 Å². The highest BCUT2D eigenvalue weighted by Gasteiger charge is 2.32. The molecule has 2 N–H and O–H groups in total. The average molecular weight is 294 g/mol. The number of nitrogens with zero attached hydrogens (tertiary/aromatic N) is 1. The molecular formula is C16H26N2O3. The van der Waals surface area contributed by atoms with Gasteiger partial charge in [-0.3, -0.25) is 4.79 Å². The fourth-order valence-corrected chi connectivity index (χ4v) is 3.12. The van der Waals surface area contributed by atoms with Crippen molar-refractivity contribution in [3.8, 4) is 0 Å². The Kier molecular flexibility index (Phi) is 4.91. The van der Waals surface area contributed by atoms with Crippen molar-refractivity contribution in [2.45, 2.75) is 46.0 Å². The van der Waals surface area contributed by atoms with Gasteiger partial charge in [0.25, 0.3) is 0 Å². The number of rotatable bonds is 4. The van der Waals surface area contributed by atoms with Crippen LogP contribution in [0.15, 0.2) is 11.6 Å². The molecule has 1 saturated heterocycles. The minimum absolute atomic E-state index is 0.0258. The molecule has 1 atom stereocenters. The average Bonchev–Trinajstić information content (AvgIpc) is 2.96. The Hall–Kier alpha value is -1.52. The molecule has 0 radical (unpaired) electrons. The molecule has 2 amide bonds. The Morgan fingerprint density at radius 1 is 1.43 bits per heavy atom. The van der Waals surface area contributed by atoms with Gasteiger partial charge in [-0.2, -0.15) is 0 Å². The van der Waals surface area contributed by atoms with Gasteiger partial charge < -0.3 is 15.3 Å². The summed E-state index contributed by atoms with van der Waals surface area (Å²) in [4.78, 5) is 24.7. The van der Waals surface area contributed by atoms with Crippen LogP contribution in [0.25, 0.3) is 0 Å². The smallest absolute Gasteiger partial charge is 0.317 e. The molecular weight excluding hydrogens is 268 g/mol. The predicted molar refractivity (Wildman–Crippen MR) is 81.0 cm³/mol. The summed E-state index contributed by atoms with van der Waals surface area (Å²) in [6.45, 7) is 5.78. The lowest BCUT2D eigenvalue weighted by atomic mass is 9.78. The monoisotopic (exact) mass is 294 g/mol. The summed E-state index contributed by atoms with van der Waals surface area (Å²) in [5.41, 5.74) is 1.40. The second-order valence-corrected chi connectivity index (χ2v) is 6.79. The number of carboxylic acids is 1. The molecule has 0 saturated carbocycles. The highest BCUT2D eigenvalue weighted by atomic mass is 16.4. The molecule has 118 valence electrons. The van der Waals surface area contributed by atoms with Crippen LogP contribution in [0, 0.1) is 11.3 Å². The van der Waals surface area contributed by atoms with Crippen LogP contribution < -0.4 is 5.32 Å². The molecule has 2 aliphatic rings. The second-order valence-electron chi connectivity index (χ2n) is 6.79. The third-order valence-corrected chi connectivity index (χ3v) is 4.67. The molecule has 1 aliphatic heterocycles. The molecule has 0 aromatic heterocycles. The molecule has 0 aromatic rings. The van der Waals surface area contributed by atoms with Crippen molar-refractivity contribution in [2.75, 3.05) is 19.6 Å². The van der Waals surface area contributed by atoms with E-state index in [1.54, 1.807) is 4.90 Å². The van der Waals surface area contributed by atoms with Gasteiger partial charge in [-0.25, -0.2) is 4.79 Å². The number of urea groups is 1. The highest BCUT2D eigenvalue weighted by Crippen LogP contribution is 2.33. The van der Waals surface area contributed by atoms with E-state index in [0.717, 1.165) is 12.8 Å². The van der Waals surface area contributed by atoms with Crippen molar-refractivity contribution in [1.82, 2.24) is 10.2 Å². The Morgan fingerprint density at radius 2 is 2.19 bits per heavy atom. The number of hydrogen-bond donors (Lipinski definition) is 2. The van der Waals surface area contributed by atoms with Crippen molar-refractivity contribution < 1.29 is 14.7 Å². The van der Waals surface area contributed by atoms with Crippen molar-refractivity contribution in [3.05, 3.63) is 11.6 Å². The minimum atomic E-state index is -0.807. The van der Waals surface area contributed by atoms with Crippen molar-refractivity contribution >= 4 is 12.0 Å². The zero-order chi connectivity index (χ0) is 15.5. The molecule has 5 nitrogen and oxygen atoms in total. The van der Waals surface area contributed by atoms with E-state index in [1.807, 2.05) is 0 Å². The van der Waals surface area contributed by atoms with E-state index in [4.69, 9.17) is 5.11 Å². The first-order chi connectivity index (χ1) is 9.90. The fourth-order valence-electron chi connectivity index (χ4n) is 3.12. The van der Waals surface area contributed by atoms with E-state index in [9.17, 15) is 9.59 Å². The van der Waals surface area contributed by atoms with Gasteiger partial charge in [0.1, 0.15) is 0 Å². The summed E-state index contributed by atoms with van der Waals surface area (Å²) in [7, 11) is 0. The molecule has 2 rings (SSSR count). The maximum Gasteiger partial charge on any atom is 0.317 e. The number of aliphatic carboxylic acids is 1. The lowest BCUT2D eigenvalue weighted by Crippen LogP contribution is -2.43. The van der Waals surface area contributed by atoms with Gasteiger partial charge in [0.15, 0.2) is 0 Å². The summed E-state index contributed by atoms with van der Waals surface area (Å²) < 4.78 is 0. The SMILES string of the molecule is CC(C)(CNC(=O)N1CCC(C(=O)O)C1)C1=CCCCC1. The molecule has 5 heteroatoms. The predicted octanol–water partition coefficient (Wildman–Crippen LogP) is 2.63. The number of carbonyl (C=O) groups is 2. The topological polar surface area (TPSA) is 69.6 Å². The summed E-state index contributed by atoms with van der Waals surface area (Å²) in [6, 6.07) is -0.136. The Bertz CT molecular complexity index is 443. The Balaban J connectivity index is 1.83. The molecule has 1 heterocycles.